The lowest BCUT2D eigenvalue weighted by molar-refractivity contribution is 0.0918. The summed E-state index contributed by atoms with van der Waals surface area (Å²) in [4.78, 5) is 23.9. The highest BCUT2D eigenvalue weighted by molar-refractivity contribution is 7.91. The Balaban J connectivity index is 1.38. The van der Waals surface area contributed by atoms with Crippen molar-refractivity contribution >= 4 is 37.2 Å². The predicted octanol–water partition coefficient (Wildman–Crippen LogP) is 3.22. The molecule has 1 saturated heterocycles. The topological polar surface area (TPSA) is 91.2 Å². The second-order valence-electron chi connectivity index (χ2n) is 8.14. The monoisotopic (exact) mass is 445 g/mol. The first-order valence-corrected chi connectivity index (χ1v) is 12.8. The van der Waals surface area contributed by atoms with Crippen LogP contribution in [0.4, 0.5) is 0 Å². The van der Waals surface area contributed by atoms with Crippen LogP contribution in [0, 0.1) is 13.8 Å². The van der Waals surface area contributed by atoms with Crippen LogP contribution in [0.15, 0.2) is 12.4 Å². The van der Waals surface area contributed by atoms with Gasteiger partial charge in [0.1, 0.15) is 11.2 Å². The molecule has 1 atom stereocenters. The van der Waals surface area contributed by atoms with E-state index >= 15 is 0 Å². The molecule has 0 saturated carbocycles. The van der Waals surface area contributed by atoms with Gasteiger partial charge in [0.05, 0.1) is 16.9 Å². The van der Waals surface area contributed by atoms with E-state index in [4.69, 9.17) is 4.74 Å². The van der Waals surface area contributed by atoms with Gasteiger partial charge in [0.15, 0.2) is 16.4 Å². The zero-order chi connectivity index (χ0) is 21.0. The number of ketones is 1. The molecule has 30 heavy (non-hydrogen) atoms. The maximum absolute atomic E-state index is 13.0. The summed E-state index contributed by atoms with van der Waals surface area (Å²) in [5.41, 5.74) is 3.54. The molecule has 4 heterocycles. The first-order chi connectivity index (χ1) is 14.3. The van der Waals surface area contributed by atoms with Gasteiger partial charge in [0.25, 0.3) is 0 Å². The number of carbonyl (C=O) groups excluding carboxylic acids is 1. The van der Waals surface area contributed by atoms with Crippen molar-refractivity contribution in [1.82, 2.24) is 14.5 Å². The molecule has 1 unspecified atom stereocenters. The number of thiophene rings is 1. The van der Waals surface area contributed by atoms with Crippen LogP contribution in [-0.2, 0) is 22.7 Å². The van der Waals surface area contributed by atoms with Gasteiger partial charge in [-0.2, -0.15) is 0 Å². The average Bonchev–Trinajstić information content (AvgIpc) is 3.43. The van der Waals surface area contributed by atoms with E-state index in [1.54, 1.807) is 11.3 Å². The van der Waals surface area contributed by atoms with Gasteiger partial charge in [-0.3, -0.25) is 4.79 Å². The van der Waals surface area contributed by atoms with Gasteiger partial charge < -0.3 is 9.30 Å². The lowest BCUT2D eigenvalue weighted by Gasteiger charge is -2.16. The van der Waals surface area contributed by atoms with Crippen LogP contribution < -0.4 is 4.74 Å². The van der Waals surface area contributed by atoms with Gasteiger partial charge >= 0.3 is 0 Å². The summed E-state index contributed by atoms with van der Waals surface area (Å²) < 4.78 is 31.7. The largest absolute Gasteiger partial charge is 0.469 e. The molecular weight excluding hydrogens is 422 g/mol. The second kappa shape index (κ2) is 7.16. The molecule has 2 aliphatic rings. The van der Waals surface area contributed by atoms with E-state index in [0.29, 0.717) is 17.9 Å². The molecule has 0 bridgehead atoms. The van der Waals surface area contributed by atoms with Crippen LogP contribution in [0.2, 0.25) is 0 Å². The van der Waals surface area contributed by atoms with E-state index in [2.05, 4.69) is 9.97 Å². The zero-order valence-corrected chi connectivity index (χ0v) is 18.6. The number of sulfone groups is 1. The molecule has 1 fully saturated rings. The lowest BCUT2D eigenvalue weighted by atomic mass is 10.1. The molecule has 0 N–H and O–H groups in total. The Morgan fingerprint density at radius 1 is 1.30 bits per heavy atom. The number of aromatic nitrogens is 3. The average molecular weight is 446 g/mol. The molecule has 0 aromatic carbocycles. The highest BCUT2D eigenvalue weighted by Gasteiger charge is 2.32. The molecule has 158 valence electrons. The first-order valence-electron chi connectivity index (χ1n) is 10.1. The number of nitrogens with zero attached hydrogens (tertiary/aromatic N) is 3. The van der Waals surface area contributed by atoms with E-state index in [0.717, 1.165) is 40.9 Å². The number of ether oxygens (including phenoxy) is 1. The SMILES string of the molecule is Cc1cc(C(=O)COc2ncnc3sc4c(c23)CCC4)c(C)n1C1CCS(=O)(=O)C1. The summed E-state index contributed by atoms with van der Waals surface area (Å²) in [6, 6.07) is 1.73. The Hall–Kier alpha value is -2.26. The van der Waals surface area contributed by atoms with Crippen molar-refractivity contribution in [3.8, 4) is 5.88 Å². The molecule has 7 nitrogen and oxygen atoms in total. The number of Topliss-reactive ketones (excluding diaryl/α,β-unsaturated/α-hetero) is 1. The van der Waals surface area contributed by atoms with E-state index < -0.39 is 9.84 Å². The van der Waals surface area contributed by atoms with Gasteiger partial charge in [0.2, 0.25) is 11.7 Å². The maximum atomic E-state index is 13.0. The molecule has 0 amide bonds. The van der Waals surface area contributed by atoms with Gasteiger partial charge in [0, 0.05) is 27.9 Å². The highest BCUT2D eigenvalue weighted by atomic mass is 32.2. The molecule has 1 aliphatic heterocycles. The van der Waals surface area contributed by atoms with E-state index in [1.807, 2.05) is 24.5 Å². The summed E-state index contributed by atoms with van der Waals surface area (Å²) in [5.74, 6) is 0.683. The fourth-order valence-corrected chi connectivity index (χ4v) is 7.74. The van der Waals surface area contributed by atoms with Gasteiger partial charge in [-0.05, 0) is 51.2 Å². The minimum absolute atomic E-state index is 0.104. The number of rotatable bonds is 5. The van der Waals surface area contributed by atoms with Crippen LogP contribution in [-0.4, -0.2) is 46.8 Å². The van der Waals surface area contributed by atoms with Crippen molar-refractivity contribution in [1.29, 1.82) is 0 Å². The fraction of sp³-hybridized carbons (Fsp3) is 0.476. The number of hydrogen-bond donors (Lipinski definition) is 0. The molecule has 3 aromatic heterocycles. The fourth-order valence-electron chi connectivity index (χ4n) is 4.82. The quantitative estimate of drug-likeness (QED) is 0.560. The Morgan fingerprint density at radius 2 is 2.13 bits per heavy atom. The minimum atomic E-state index is -3.00. The molecule has 5 rings (SSSR count). The van der Waals surface area contributed by atoms with Crippen molar-refractivity contribution in [2.75, 3.05) is 18.1 Å². The van der Waals surface area contributed by atoms with Crippen molar-refractivity contribution < 1.29 is 17.9 Å². The molecular formula is C21H23N3O4S2. The van der Waals surface area contributed by atoms with Crippen LogP contribution in [0.25, 0.3) is 10.2 Å². The third kappa shape index (κ3) is 3.24. The molecule has 0 radical (unpaired) electrons. The van der Waals surface area contributed by atoms with E-state index in [1.165, 1.54) is 16.8 Å². The summed E-state index contributed by atoms with van der Waals surface area (Å²) in [5, 5.41) is 0.949. The van der Waals surface area contributed by atoms with Crippen molar-refractivity contribution in [2.45, 2.75) is 45.6 Å². The Morgan fingerprint density at radius 3 is 2.90 bits per heavy atom. The Bertz CT molecular complexity index is 1270. The van der Waals surface area contributed by atoms with Crippen LogP contribution in [0.3, 0.4) is 0 Å². The summed E-state index contributed by atoms with van der Waals surface area (Å²) in [6.45, 7) is 3.68. The van der Waals surface area contributed by atoms with Crippen LogP contribution in [0.5, 0.6) is 5.88 Å². The predicted molar refractivity (Wildman–Crippen MR) is 115 cm³/mol. The van der Waals surface area contributed by atoms with Crippen LogP contribution >= 0.6 is 11.3 Å². The van der Waals surface area contributed by atoms with Gasteiger partial charge in [-0.15, -0.1) is 11.3 Å². The molecule has 0 spiro atoms. The first kappa shape index (κ1) is 19.7. The number of hydrogen-bond acceptors (Lipinski definition) is 7. The highest BCUT2D eigenvalue weighted by Crippen LogP contribution is 2.40. The van der Waals surface area contributed by atoms with Crippen molar-refractivity contribution in [3.05, 3.63) is 39.8 Å². The van der Waals surface area contributed by atoms with Crippen molar-refractivity contribution in [3.63, 3.8) is 0 Å². The third-order valence-corrected chi connectivity index (χ3v) is 9.12. The number of fused-ring (bicyclic) bond motifs is 3. The summed E-state index contributed by atoms with van der Waals surface area (Å²) >= 11 is 1.68. The van der Waals surface area contributed by atoms with Crippen molar-refractivity contribution in [2.24, 2.45) is 0 Å². The van der Waals surface area contributed by atoms with Crippen LogP contribution in [0.1, 0.15) is 51.1 Å². The van der Waals surface area contributed by atoms with Gasteiger partial charge in [-0.25, -0.2) is 18.4 Å². The third-order valence-electron chi connectivity index (χ3n) is 6.16. The van der Waals surface area contributed by atoms with E-state index in [-0.39, 0.29) is 29.9 Å². The smallest absolute Gasteiger partial charge is 0.226 e. The lowest BCUT2D eigenvalue weighted by Crippen LogP contribution is -2.16. The zero-order valence-electron chi connectivity index (χ0n) is 17.0. The Kier molecular flexibility index (Phi) is 4.70. The standard InChI is InChI=1S/C21H23N3O4S2/c1-12-8-16(13(2)24(12)14-6-7-30(26,27)10-14)17(25)9-28-20-19-15-4-3-5-18(15)29-21(19)23-11-22-20/h8,11,14H,3-7,9-10H2,1-2H3. The molecule has 9 heteroatoms. The Labute approximate surface area is 179 Å². The van der Waals surface area contributed by atoms with Gasteiger partial charge in [-0.1, -0.05) is 0 Å². The number of carbonyl (C=O) groups is 1. The molecule has 1 aliphatic carbocycles. The molecule has 3 aromatic rings. The summed E-state index contributed by atoms with van der Waals surface area (Å²) in [6.07, 6.45) is 5.27. The minimum Gasteiger partial charge on any atom is -0.469 e. The normalized spacial score (nSPS) is 20.0. The summed E-state index contributed by atoms with van der Waals surface area (Å²) in [7, 11) is -3.00. The number of aryl methyl sites for hydroxylation is 3. The maximum Gasteiger partial charge on any atom is 0.226 e. The second-order valence-corrected chi connectivity index (χ2v) is 11.5. The van der Waals surface area contributed by atoms with E-state index in [9.17, 15) is 13.2 Å².